The van der Waals surface area contributed by atoms with Gasteiger partial charge in [0.1, 0.15) is 24.4 Å². The van der Waals surface area contributed by atoms with Gasteiger partial charge in [0.05, 0.1) is 12.9 Å². The van der Waals surface area contributed by atoms with Crippen molar-refractivity contribution in [2.24, 2.45) is 0 Å². The molecule has 1 aromatic carbocycles. The third kappa shape index (κ3) is 5.07. The van der Waals surface area contributed by atoms with E-state index in [0.29, 0.717) is 6.61 Å². The van der Waals surface area contributed by atoms with E-state index in [1.165, 1.54) is 6.92 Å². The summed E-state index contributed by atoms with van der Waals surface area (Å²) in [5, 5.41) is 2.68. The SMILES string of the molecule is CCO[C@@H]1O[C@@H]2CO[C@H](c3ccccc3)O[C@@H]2[C@@H](OS(C)(=O)=O)[C@@H]1NC(C)=O. The summed E-state index contributed by atoms with van der Waals surface area (Å²) < 4.78 is 52.5. The summed E-state index contributed by atoms with van der Waals surface area (Å²) in [5.41, 5.74) is 0.780. The maximum Gasteiger partial charge on any atom is 0.264 e. The minimum absolute atomic E-state index is 0.157. The van der Waals surface area contributed by atoms with Gasteiger partial charge in [-0.3, -0.25) is 8.98 Å². The quantitative estimate of drug-likeness (QED) is 0.677. The molecule has 0 spiro atoms. The zero-order valence-electron chi connectivity index (χ0n) is 15.9. The molecule has 2 heterocycles. The van der Waals surface area contributed by atoms with Gasteiger partial charge in [-0.15, -0.1) is 0 Å². The van der Waals surface area contributed by atoms with Gasteiger partial charge in [-0.05, 0) is 6.92 Å². The molecule has 2 fully saturated rings. The van der Waals surface area contributed by atoms with E-state index >= 15 is 0 Å². The lowest BCUT2D eigenvalue weighted by atomic mass is 9.95. The molecule has 0 aliphatic carbocycles. The number of benzene rings is 1. The number of ether oxygens (including phenoxy) is 4. The van der Waals surface area contributed by atoms with Crippen LogP contribution in [0.2, 0.25) is 0 Å². The van der Waals surface area contributed by atoms with Crippen molar-refractivity contribution in [3.8, 4) is 0 Å². The molecule has 6 atom stereocenters. The lowest BCUT2D eigenvalue weighted by Gasteiger charge is -2.48. The molecule has 0 unspecified atom stereocenters. The predicted octanol–water partition coefficient (Wildman–Crippen LogP) is 0.711. The first kappa shape index (κ1) is 21.2. The fourth-order valence-electron chi connectivity index (χ4n) is 3.36. The molecule has 10 heteroatoms. The highest BCUT2D eigenvalue weighted by Crippen LogP contribution is 2.36. The van der Waals surface area contributed by atoms with Crippen molar-refractivity contribution in [2.45, 2.75) is 50.8 Å². The highest BCUT2D eigenvalue weighted by molar-refractivity contribution is 7.86. The van der Waals surface area contributed by atoms with Crippen LogP contribution in [0, 0.1) is 0 Å². The molecule has 2 aliphatic rings. The second kappa shape index (κ2) is 8.85. The van der Waals surface area contributed by atoms with Gasteiger partial charge in [0.15, 0.2) is 12.6 Å². The van der Waals surface area contributed by atoms with Crippen LogP contribution in [-0.2, 0) is 38.0 Å². The van der Waals surface area contributed by atoms with E-state index in [0.717, 1.165) is 11.8 Å². The Labute approximate surface area is 164 Å². The lowest BCUT2D eigenvalue weighted by molar-refractivity contribution is -0.340. The largest absolute Gasteiger partial charge is 0.351 e. The van der Waals surface area contributed by atoms with Crippen LogP contribution < -0.4 is 5.32 Å². The van der Waals surface area contributed by atoms with Crippen LogP contribution in [0.4, 0.5) is 0 Å². The minimum Gasteiger partial charge on any atom is -0.351 e. The third-order valence-electron chi connectivity index (χ3n) is 4.40. The smallest absolute Gasteiger partial charge is 0.264 e. The van der Waals surface area contributed by atoms with Crippen molar-refractivity contribution in [1.29, 1.82) is 0 Å². The number of rotatable bonds is 6. The summed E-state index contributed by atoms with van der Waals surface area (Å²) in [5.74, 6) is -0.370. The Kier molecular flexibility index (Phi) is 6.69. The zero-order valence-corrected chi connectivity index (χ0v) is 16.8. The van der Waals surface area contributed by atoms with E-state index in [1.807, 2.05) is 30.3 Å². The number of fused-ring (bicyclic) bond motifs is 1. The van der Waals surface area contributed by atoms with Crippen molar-refractivity contribution in [1.82, 2.24) is 5.32 Å². The first-order valence-electron chi connectivity index (χ1n) is 9.03. The number of carbonyl (C=O) groups is 1. The van der Waals surface area contributed by atoms with Crippen molar-refractivity contribution >= 4 is 16.0 Å². The normalized spacial score (nSPS) is 33.1. The maximum absolute atomic E-state index is 11.9. The van der Waals surface area contributed by atoms with Gasteiger partial charge < -0.3 is 24.3 Å². The summed E-state index contributed by atoms with van der Waals surface area (Å²) in [6.45, 7) is 3.55. The molecule has 0 radical (unpaired) electrons. The Bertz CT molecular complexity index is 771. The van der Waals surface area contributed by atoms with E-state index in [2.05, 4.69) is 5.32 Å². The zero-order chi connectivity index (χ0) is 20.3. The molecule has 0 bridgehead atoms. The number of nitrogens with one attached hydrogen (secondary N) is 1. The van der Waals surface area contributed by atoms with Gasteiger partial charge in [-0.25, -0.2) is 0 Å². The van der Waals surface area contributed by atoms with Crippen LogP contribution in [0.15, 0.2) is 30.3 Å². The van der Waals surface area contributed by atoms with Gasteiger partial charge >= 0.3 is 0 Å². The number of carbonyl (C=O) groups excluding carboxylic acids is 1. The summed E-state index contributed by atoms with van der Waals surface area (Å²) in [4.78, 5) is 11.7. The van der Waals surface area contributed by atoms with Gasteiger partial charge in [0.2, 0.25) is 5.91 Å². The first-order valence-corrected chi connectivity index (χ1v) is 10.8. The molecule has 0 saturated carbocycles. The van der Waals surface area contributed by atoms with E-state index in [9.17, 15) is 13.2 Å². The Morgan fingerprint density at radius 3 is 2.57 bits per heavy atom. The molecule has 2 aliphatic heterocycles. The monoisotopic (exact) mass is 415 g/mol. The number of hydrogen-bond donors (Lipinski definition) is 1. The third-order valence-corrected chi connectivity index (χ3v) is 4.97. The molecular weight excluding hydrogens is 390 g/mol. The molecule has 3 rings (SSSR count). The standard InChI is InChI=1S/C18H25NO8S/c1-4-23-18-14(19-11(2)20)16(27-28(3,21)22)15-13(25-18)10-24-17(26-15)12-8-6-5-7-9-12/h5-9,13-18H,4,10H2,1-3H3,(H,19,20)/t13-,14+,15+,16+,17+,18-/m1/s1. The second-order valence-corrected chi connectivity index (χ2v) is 8.27. The minimum atomic E-state index is -3.85. The molecule has 1 aromatic rings. The van der Waals surface area contributed by atoms with Crippen molar-refractivity contribution in [3.63, 3.8) is 0 Å². The molecule has 9 nitrogen and oxygen atoms in total. The fraction of sp³-hybridized carbons (Fsp3) is 0.611. The van der Waals surface area contributed by atoms with Crippen LogP contribution in [0.5, 0.6) is 0 Å². The highest BCUT2D eigenvalue weighted by Gasteiger charge is 2.52. The number of amides is 1. The Hall–Kier alpha value is -1.56. The predicted molar refractivity (Wildman–Crippen MR) is 97.6 cm³/mol. The lowest BCUT2D eigenvalue weighted by Crippen LogP contribution is -2.67. The summed E-state index contributed by atoms with van der Waals surface area (Å²) in [7, 11) is -3.85. The topological polar surface area (TPSA) is 109 Å². The first-order chi connectivity index (χ1) is 13.3. The average Bonchev–Trinajstić information content (AvgIpc) is 2.64. The fourth-order valence-corrected chi connectivity index (χ4v) is 3.99. The Balaban J connectivity index is 1.91. The van der Waals surface area contributed by atoms with Crippen LogP contribution in [-0.4, -0.2) is 64.4 Å². The van der Waals surface area contributed by atoms with Gasteiger partial charge in [-0.2, -0.15) is 8.42 Å². The van der Waals surface area contributed by atoms with E-state index in [1.54, 1.807) is 6.92 Å². The molecule has 156 valence electrons. The van der Waals surface area contributed by atoms with Crippen LogP contribution in [0.3, 0.4) is 0 Å². The van der Waals surface area contributed by atoms with E-state index in [-0.39, 0.29) is 12.5 Å². The summed E-state index contributed by atoms with van der Waals surface area (Å²) in [6, 6.07) is 8.38. The van der Waals surface area contributed by atoms with Gasteiger partial charge in [0.25, 0.3) is 10.1 Å². The molecule has 0 aromatic heterocycles. The second-order valence-electron chi connectivity index (χ2n) is 6.67. The van der Waals surface area contributed by atoms with Gasteiger partial charge in [0, 0.05) is 19.1 Å². The Morgan fingerprint density at radius 2 is 1.96 bits per heavy atom. The summed E-state index contributed by atoms with van der Waals surface area (Å²) in [6.07, 6.45) is -3.10. The van der Waals surface area contributed by atoms with E-state index in [4.69, 9.17) is 23.1 Å². The average molecular weight is 415 g/mol. The summed E-state index contributed by atoms with van der Waals surface area (Å²) >= 11 is 0. The maximum atomic E-state index is 11.9. The Morgan fingerprint density at radius 1 is 1.25 bits per heavy atom. The van der Waals surface area contributed by atoms with Crippen molar-refractivity contribution < 1.29 is 36.3 Å². The van der Waals surface area contributed by atoms with Crippen LogP contribution in [0.1, 0.15) is 25.7 Å². The van der Waals surface area contributed by atoms with Crippen LogP contribution >= 0.6 is 0 Å². The van der Waals surface area contributed by atoms with Crippen molar-refractivity contribution in [2.75, 3.05) is 19.5 Å². The van der Waals surface area contributed by atoms with Gasteiger partial charge in [-0.1, -0.05) is 30.3 Å². The van der Waals surface area contributed by atoms with Crippen LogP contribution in [0.25, 0.3) is 0 Å². The molecule has 28 heavy (non-hydrogen) atoms. The number of hydrogen-bond acceptors (Lipinski definition) is 8. The van der Waals surface area contributed by atoms with Crippen molar-refractivity contribution in [3.05, 3.63) is 35.9 Å². The highest BCUT2D eigenvalue weighted by atomic mass is 32.2. The van der Waals surface area contributed by atoms with E-state index < -0.39 is 47.1 Å². The molecule has 1 N–H and O–H groups in total. The molecular formula is C18H25NO8S. The molecule has 1 amide bonds. The molecule has 2 saturated heterocycles.